The third-order valence-electron chi connectivity index (χ3n) is 4.19. The van der Waals surface area contributed by atoms with E-state index in [4.69, 9.17) is 16.7 Å². The lowest BCUT2D eigenvalue weighted by atomic mass is 10.1. The molecule has 6 nitrogen and oxygen atoms in total. The van der Waals surface area contributed by atoms with E-state index in [1.807, 2.05) is 12.1 Å². The molecule has 1 amide bonds. The quantitative estimate of drug-likeness (QED) is 0.778. The van der Waals surface area contributed by atoms with E-state index in [2.05, 4.69) is 4.99 Å². The van der Waals surface area contributed by atoms with Crippen LogP contribution in [0.15, 0.2) is 64.1 Å². The molecule has 0 aliphatic carbocycles. The van der Waals surface area contributed by atoms with Crippen LogP contribution in [-0.4, -0.2) is 31.6 Å². The second kappa shape index (κ2) is 7.64. The van der Waals surface area contributed by atoms with Crippen LogP contribution < -0.4 is 5.14 Å². The maximum absolute atomic E-state index is 12.6. The normalized spacial score (nSPS) is 16.1. The minimum Gasteiger partial charge on any atom is -0.295 e. The summed E-state index contributed by atoms with van der Waals surface area (Å²) in [6.45, 7) is 2.23. The van der Waals surface area contributed by atoms with Gasteiger partial charge in [0.2, 0.25) is 10.0 Å². The molecule has 0 bridgehead atoms. The Kier molecular flexibility index (Phi) is 5.46. The highest BCUT2D eigenvalue weighted by atomic mass is 35.5. The molecule has 2 aromatic rings. The molecule has 0 fully saturated rings. The van der Waals surface area contributed by atoms with E-state index in [0.29, 0.717) is 29.5 Å². The van der Waals surface area contributed by atoms with Gasteiger partial charge >= 0.3 is 0 Å². The molecule has 0 saturated heterocycles. The Hall–Kier alpha value is -2.48. The fraction of sp³-hybridized carbons (Fsp3) is 0.158. The number of amides is 1. The molecule has 1 aliphatic heterocycles. The Labute approximate surface area is 163 Å². The van der Waals surface area contributed by atoms with Crippen molar-refractivity contribution in [3.63, 3.8) is 0 Å². The SMILES string of the molecule is CC1=N/C(=C\c2ccc(Cl)cc2)C(=O)N1CCc1ccc(S(N)(=O)=O)cc1. The van der Waals surface area contributed by atoms with Crippen molar-refractivity contribution in [3.05, 3.63) is 70.4 Å². The van der Waals surface area contributed by atoms with Gasteiger partial charge in [-0.15, -0.1) is 0 Å². The van der Waals surface area contributed by atoms with Crippen molar-refractivity contribution in [2.75, 3.05) is 6.54 Å². The molecule has 2 aromatic carbocycles. The lowest BCUT2D eigenvalue weighted by Crippen LogP contribution is -2.32. The molecule has 1 heterocycles. The number of carbonyl (C=O) groups is 1. The largest absolute Gasteiger partial charge is 0.295 e. The van der Waals surface area contributed by atoms with Crippen molar-refractivity contribution in [1.82, 2.24) is 4.90 Å². The zero-order valence-corrected chi connectivity index (χ0v) is 16.2. The van der Waals surface area contributed by atoms with Crippen molar-refractivity contribution in [2.45, 2.75) is 18.2 Å². The van der Waals surface area contributed by atoms with Gasteiger partial charge in [0.05, 0.1) is 4.90 Å². The summed E-state index contributed by atoms with van der Waals surface area (Å²) in [5, 5.41) is 5.72. The minimum absolute atomic E-state index is 0.0643. The fourth-order valence-electron chi connectivity index (χ4n) is 2.73. The van der Waals surface area contributed by atoms with E-state index < -0.39 is 10.0 Å². The number of hydrogen-bond donors (Lipinski definition) is 1. The first-order valence-corrected chi connectivity index (χ1v) is 10.1. The zero-order valence-electron chi connectivity index (χ0n) is 14.6. The molecule has 27 heavy (non-hydrogen) atoms. The van der Waals surface area contributed by atoms with Gasteiger partial charge in [0.1, 0.15) is 11.5 Å². The first-order chi connectivity index (χ1) is 12.7. The van der Waals surface area contributed by atoms with E-state index in [9.17, 15) is 13.2 Å². The van der Waals surface area contributed by atoms with Crippen molar-refractivity contribution < 1.29 is 13.2 Å². The van der Waals surface area contributed by atoms with Gasteiger partial charge in [-0.25, -0.2) is 18.5 Å². The number of halogens is 1. The molecule has 0 aromatic heterocycles. The molecular weight excluding hydrogens is 386 g/mol. The molecule has 8 heteroatoms. The van der Waals surface area contributed by atoms with Gasteiger partial charge in [-0.3, -0.25) is 9.69 Å². The van der Waals surface area contributed by atoms with Crippen LogP contribution in [0, 0.1) is 0 Å². The van der Waals surface area contributed by atoms with E-state index in [-0.39, 0.29) is 10.8 Å². The van der Waals surface area contributed by atoms with E-state index in [1.54, 1.807) is 42.2 Å². The fourth-order valence-corrected chi connectivity index (χ4v) is 3.37. The summed E-state index contributed by atoms with van der Waals surface area (Å²) < 4.78 is 22.6. The van der Waals surface area contributed by atoms with Crippen LogP contribution in [-0.2, 0) is 21.2 Å². The number of carbonyl (C=O) groups excluding carboxylic acids is 1. The third-order valence-corrected chi connectivity index (χ3v) is 5.37. The van der Waals surface area contributed by atoms with Crippen LogP contribution in [0.3, 0.4) is 0 Å². The smallest absolute Gasteiger partial charge is 0.277 e. The van der Waals surface area contributed by atoms with Crippen molar-refractivity contribution in [3.8, 4) is 0 Å². The second-order valence-electron chi connectivity index (χ2n) is 6.14. The van der Waals surface area contributed by atoms with Crippen LogP contribution in [0.2, 0.25) is 5.02 Å². The zero-order chi connectivity index (χ0) is 19.6. The number of sulfonamides is 1. The molecule has 3 rings (SSSR count). The number of benzene rings is 2. The van der Waals surface area contributed by atoms with Gasteiger partial charge in [-0.1, -0.05) is 35.9 Å². The summed E-state index contributed by atoms with van der Waals surface area (Å²) in [6.07, 6.45) is 2.29. The number of nitrogens with zero attached hydrogens (tertiary/aromatic N) is 2. The van der Waals surface area contributed by atoms with Gasteiger partial charge in [-0.2, -0.15) is 0 Å². The van der Waals surface area contributed by atoms with Crippen LogP contribution >= 0.6 is 11.6 Å². The Balaban J connectivity index is 1.69. The van der Waals surface area contributed by atoms with Crippen LogP contribution in [0.4, 0.5) is 0 Å². The van der Waals surface area contributed by atoms with Gasteiger partial charge in [0, 0.05) is 11.6 Å². The molecule has 1 aliphatic rings. The molecule has 2 N–H and O–H groups in total. The molecule has 0 radical (unpaired) electrons. The first-order valence-electron chi connectivity index (χ1n) is 8.20. The summed E-state index contributed by atoms with van der Waals surface area (Å²) >= 11 is 5.87. The maximum Gasteiger partial charge on any atom is 0.277 e. The Bertz CT molecular complexity index is 1030. The highest BCUT2D eigenvalue weighted by Gasteiger charge is 2.27. The molecular formula is C19H18ClN3O3S. The summed E-state index contributed by atoms with van der Waals surface area (Å²) in [5.41, 5.74) is 2.12. The van der Waals surface area contributed by atoms with Crippen molar-refractivity contribution >= 4 is 39.4 Å². The molecule has 0 saturated carbocycles. The van der Waals surface area contributed by atoms with Crippen molar-refractivity contribution in [1.29, 1.82) is 0 Å². The predicted molar refractivity (Wildman–Crippen MR) is 106 cm³/mol. The molecule has 0 spiro atoms. The third kappa shape index (κ3) is 4.63. The number of rotatable bonds is 5. The van der Waals surface area contributed by atoms with E-state index in [0.717, 1.165) is 11.1 Å². The lowest BCUT2D eigenvalue weighted by molar-refractivity contribution is -0.122. The standard InChI is InChI=1S/C19H18ClN3O3S/c1-13-22-18(12-15-2-6-16(20)7-3-15)19(24)23(13)11-10-14-4-8-17(9-5-14)27(21,25)26/h2-9,12H,10-11H2,1H3,(H2,21,25,26)/b18-12-. The number of amidine groups is 1. The number of primary sulfonamides is 1. The molecule has 140 valence electrons. The summed E-state index contributed by atoms with van der Waals surface area (Å²) in [4.78, 5) is 18.6. The van der Waals surface area contributed by atoms with E-state index in [1.165, 1.54) is 12.1 Å². The van der Waals surface area contributed by atoms with Gasteiger partial charge in [0.25, 0.3) is 5.91 Å². The van der Waals surface area contributed by atoms with Gasteiger partial charge in [0.15, 0.2) is 0 Å². The molecule has 0 unspecified atom stereocenters. The topological polar surface area (TPSA) is 92.8 Å². The average Bonchev–Trinajstić information content (AvgIpc) is 2.88. The highest BCUT2D eigenvalue weighted by Crippen LogP contribution is 2.20. The highest BCUT2D eigenvalue weighted by molar-refractivity contribution is 7.89. The Morgan fingerprint density at radius 1 is 1.11 bits per heavy atom. The van der Waals surface area contributed by atoms with Gasteiger partial charge in [-0.05, 0) is 54.8 Å². The Morgan fingerprint density at radius 3 is 2.33 bits per heavy atom. The van der Waals surface area contributed by atoms with Gasteiger partial charge < -0.3 is 0 Å². The predicted octanol–water partition coefficient (Wildman–Crippen LogP) is 2.83. The molecule has 0 atom stereocenters. The number of nitrogens with two attached hydrogens (primary N) is 1. The average molecular weight is 404 g/mol. The maximum atomic E-state index is 12.6. The first kappa shape index (κ1) is 19.3. The van der Waals surface area contributed by atoms with Crippen LogP contribution in [0.25, 0.3) is 6.08 Å². The summed E-state index contributed by atoms with van der Waals surface area (Å²) in [6, 6.07) is 13.5. The minimum atomic E-state index is -3.71. The summed E-state index contributed by atoms with van der Waals surface area (Å²) in [5.74, 6) is 0.463. The number of hydrogen-bond acceptors (Lipinski definition) is 4. The summed E-state index contributed by atoms with van der Waals surface area (Å²) in [7, 11) is -3.71. The van der Waals surface area contributed by atoms with E-state index >= 15 is 0 Å². The number of aliphatic imine (C=N–C) groups is 1. The van der Waals surface area contributed by atoms with Crippen molar-refractivity contribution in [2.24, 2.45) is 10.1 Å². The van der Waals surface area contributed by atoms with Crippen LogP contribution in [0.5, 0.6) is 0 Å². The lowest BCUT2D eigenvalue weighted by Gasteiger charge is -2.15. The van der Waals surface area contributed by atoms with Crippen LogP contribution in [0.1, 0.15) is 18.1 Å². The second-order valence-corrected chi connectivity index (χ2v) is 8.13. The monoisotopic (exact) mass is 403 g/mol. The Morgan fingerprint density at radius 2 is 1.74 bits per heavy atom.